The van der Waals surface area contributed by atoms with E-state index in [-0.39, 0.29) is 5.75 Å². The highest BCUT2D eigenvalue weighted by molar-refractivity contribution is 7.91. The molecule has 0 atom stereocenters. The van der Waals surface area contributed by atoms with Gasteiger partial charge in [-0.1, -0.05) is 35.9 Å². The number of hydrogen-bond acceptors (Lipinski definition) is 3. The minimum Gasteiger partial charge on any atom is -0.495 e. The van der Waals surface area contributed by atoms with Crippen molar-refractivity contribution >= 4 is 27.3 Å². The third-order valence-electron chi connectivity index (χ3n) is 2.64. The van der Waals surface area contributed by atoms with Gasteiger partial charge >= 0.3 is 0 Å². The van der Waals surface area contributed by atoms with Gasteiger partial charge in [-0.3, -0.25) is 4.72 Å². The van der Waals surface area contributed by atoms with E-state index in [9.17, 15) is 8.42 Å². The summed E-state index contributed by atoms with van der Waals surface area (Å²) in [5, 5.41) is 0.573. The van der Waals surface area contributed by atoms with Crippen molar-refractivity contribution in [3.63, 3.8) is 0 Å². The van der Waals surface area contributed by atoms with Gasteiger partial charge in [0.2, 0.25) is 10.0 Å². The lowest BCUT2D eigenvalue weighted by atomic mass is 10.2. The minimum absolute atomic E-state index is 0.123. The predicted molar refractivity (Wildman–Crippen MR) is 80.7 cm³/mol. The van der Waals surface area contributed by atoms with Gasteiger partial charge in [-0.05, 0) is 29.8 Å². The molecule has 0 amide bonds. The molecule has 0 aliphatic heterocycles. The van der Waals surface area contributed by atoms with Crippen molar-refractivity contribution in [3.8, 4) is 5.75 Å². The number of hydrogen-bond donors (Lipinski definition) is 1. The van der Waals surface area contributed by atoms with E-state index in [1.807, 2.05) is 0 Å². The van der Waals surface area contributed by atoms with E-state index < -0.39 is 10.0 Å². The van der Waals surface area contributed by atoms with E-state index in [1.54, 1.807) is 48.5 Å². The maximum absolute atomic E-state index is 12.1. The van der Waals surface area contributed by atoms with Crippen molar-refractivity contribution < 1.29 is 13.2 Å². The van der Waals surface area contributed by atoms with Crippen LogP contribution in [0.3, 0.4) is 0 Å². The summed E-state index contributed by atoms with van der Waals surface area (Å²) in [6.07, 6.45) is 0. The Morgan fingerprint density at radius 1 is 1.10 bits per heavy atom. The molecule has 0 spiro atoms. The predicted octanol–water partition coefficient (Wildman–Crippen LogP) is 3.29. The van der Waals surface area contributed by atoms with Crippen LogP contribution in [0.4, 0.5) is 5.69 Å². The number of ether oxygens (including phenoxy) is 1. The zero-order valence-electron chi connectivity index (χ0n) is 10.8. The van der Waals surface area contributed by atoms with E-state index in [2.05, 4.69) is 4.72 Å². The summed E-state index contributed by atoms with van der Waals surface area (Å²) in [4.78, 5) is 0. The Hall–Kier alpha value is -1.72. The van der Waals surface area contributed by atoms with Crippen molar-refractivity contribution in [3.05, 3.63) is 59.1 Å². The van der Waals surface area contributed by atoms with Gasteiger partial charge in [0.25, 0.3) is 0 Å². The molecular formula is C14H14ClNO3S. The Balaban J connectivity index is 2.17. The van der Waals surface area contributed by atoms with Crippen LogP contribution in [0.5, 0.6) is 5.75 Å². The molecule has 1 N–H and O–H groups in total. The lowest BCUT2D eigenvalue weighted by Gasteiger charge is -2.11. The van der Waals surface area contributed by atoms with Crippen LogP contribution in [0.1, 0.15) is 5.56 Å². The summed E-state index contributed by atoms with van der Waals surface area (Å²) in [6.45, 7) is 0. The molecule has 0 aliphatic rings. The van der Waals surface area contributed by atoms with Crippen LogP contribution in [-0.4, -0.2) is 15.5 Å². The molecule has 0 unspecified atom stereocenters. The second-order valence-electron chi connectivity index (χ2n) is 4.19. The number of anilines is 1. The van der Waals surface area contributed by atoms with Crippen molar-refractivity contribution in [1.29, 1.82) is 0 Å². The number of para-hydroxylation sites is 2. The van der Waals surface area contributed by atoms with Crippen LogP contribution in [0.15, 0.2) is 48.5 Å². The fourth-order valence-electron chi connectivity index (χ4n) is 1.73. The first-order chi connectivity index (χ1) is 9.50. The van der Waals surface area contributed by atoms with Gasteiger partial charge in [0.1, 0.15) is 5.75 Å². The second kappa shape index (κ2) is 6.15. The Kier molecular flexibility index (Phi) is 4.52. The van der Waals surface area contributed by atoms with Gasteiger partial charge in [-0.25, -0.2) is 8.42 Å². The lowest BCUT2D eigenvalue weighted by Crippen LogP contribution is -2.15. The molecule has 0 radical (unpaired) electrons. The van der Waals surface area contributed by atoms with E-state index in [4.69, 9.17) is 16.3 Å². The van der Waals surface area contributed by atoms with Gasteiger partial charge < -0.3 is 4.74 Å². The summed E-state index contributed by atoms with van der Waals surface area (Å²) >= 11 is 5.77. The fourth-order valence-corrected chi connectivity index (χ4v) is 3.07. The summed E-state index contributed by atoms with van der Waals surface area (Å²) in [5.41, 5.74) is 1.08. The van der Waals surface area contributed by atoms with E-state index in [1.165, 1.54) is 7.11 Å². The maximum Gasteiger partial charge on any atom is 0.237 e. The average Bonchev–Trinajstić information content (AvgIpc) is 2.41. The van der Waals surface area contributed by atoms with E-state index in [0.29, 0.717) is 22.0 Å². The molecule has 0 saturated heterocycles. The molecule has 106 valence electrons. The molecule has 0 bridgehead atoms. The number of benzene rings is 2. The molecule has 2 rings (SSSR count). The molecule has 20 heavy (non-hydrogen) atoms. The van der Waals surface area contributed by atoms with Gasteiger partial charge in [-0.15, -0.1) is 0 Å². The molecule has 0 fully saturated rings. The standard InChI is InChI=1S/C14H14ClNO3S/c1-19-14-5-3-2-4-13(14)16-20(17,18)10-11-6-8-12(15)9-7-11/h2-9,16H,10H2,1H3. The number of methoxy groups -OCH3 is 1. The number of nitrogens with one attached hydrogen (secondary N) is 1. The average molecular weight is 312 g/mol. The van der Waals surface area contributed by atoms with E-state index >= 15 is 0 Å². The summed E-state index contributed by atoms with van der Waals surface area (Å²) in [6, 6.07) is 13.6. The molecule has 6 heteroatoms. The van der Waals surface area contributed by atoms with Crippen LogP contribution in [0.25, 0.3) is 0 Å². The highest BCUT2D eigenvalue weighted by atomic mass is 35.5. The Morgan fingerprint density at radius 2 is 1.75 bits per heavy atom. The van der Waals surface area contributed by atoms with Crippen LogP contribution in [0, 0.1) is 0 Å². The first-order valence-electron chi connectivity index (χ1n) is 5.88. The van der Waals surface area contributed by atoms with Gasteiger partial charge in [0.05, 0.1) is 18.6 Å². The van der Waals surface area contributed by atoms with Crippen LogP contribution < -0.4 is 9.46 Å². The van der Waals surface area contributed by atoms with Crippen molar-refractivity contribution in [2.45, 2.75) is 5.75 Å². The number of rotatable bonds is 5. The molecule has 0 aromatic heterocycles. The van der Waals surface area contributed by atoms with E-state index in [0.717, 1.165) is 0 Å². The third-order valence-corrected chi connectivity index (χ3v) is 4.14. The number of sulfonamides is 1. The minimum atomic E-state index is -3.51. The number of halogens is 1. The highest BCUT2D eigenvalue weighted by Crippen LogP contribution is 2.25. The third kappa shape index (κ3) is 3.88. The van der Waals surface area contributed by atoms with Crippen LogP contribution in [0.2, 0.25) is 5.02 Å². The molecule has 4 nitrogen and oxygen atoms in total. The fraction of sp³-hybridized carbons (Fsp3) is 0.143. The largest absolute Gasteiger partial charge is 0.495 e. The first kappa shape index (κ1) is 14.7. The Labute approximate surface area is 123 Å². The van der Waals surface area contributed by atoms with Gasteiger partial charge in [0, 0.05) is 5.02 Å². The van der Waals surface area contributed by atoms with Crippen LogP contribution in [-0.2, 0) is 15.8 Å². The second-order valence-corrected chi connectivity index (χ2v) is 6.35. The monoisotopic (exact) mass is 311 g/mol. The van der Waals surface area contributed by atoms with Crippen molar-refractivity contribution in [1.82, 2.24) is 0 Å². The molecule has 0 heterocycles. The normalized spacial score (nSPS) is 11.1. The molecular weight excluding hydrogens is 298 g/mol. The van der Waals surface area contributed by atoms with Crippen LogP contribution >= 0.6 is 11.6 Å². The molecule has 0 aliphatic carbocycles. The summed E-state index contributed by atoms with van der Waals surface area (Å²) in [7, 11) is -2.01. The first-order valence-corrected chi connectivity index (χ1v) is 7.91. The topological polar surface area (TPSA) is 55.4 Å². The van der Waals surface area contributed by atoms with Crippen molar-refractivity contribution in [2.24, 2.45) is 0 Å². The van der Waals surface area contributed by atoms with Gasteiger partial charge in [-0.2, -0.15) is 0 Å². The highest BCUT2D eigenvalue weighted by Gasteiger charge is 2.14. The Bertz CT molecular complexity index is 684. The van der Waals surface area contributed by atoms with Crippen molar-refractivity contribution in [2.75, 3.05) is 11.8 Å². The SMILES string of the molecule is COc1ccccc1NS(=O)(=O)Cc1ccc(Cl)cc1. The lowest BCUT2D eigenvalue weighted by molar-refractivity contribution is 0.417. The maximum atomic E-state index is 12.1. The van der Waals surface area contributed by atoms with Gasteiger partial charge in [0.15, 0.2) is 0 Å². The Morgan fingerprint density at radius 3 is 2.40 bits per heavy atom. The molecule has 0 saturated carbocycles. The molecule has 2 aromatic carbocycles. The summed E-state index contributed by atoms with van der Waals surface area (Å²) < 4.78 is 31.9. The zero-order chi connectivity index (χ0) is 14.6. The smallest absolute Gasteiger partial charge is 0.237 e. The quantitative estimate of drug-likeness (QED) is 0.922. The zero-order valence-corrected chi connectivity index (χ0v) is 12.4. The molecule has 2 aromatic rings. The summed E-state index contributed by atoms with van der Waals surface area (Å²) in [5.74, 6) is 0.356.